The normalized spacial score (nSPS) is 21.2. The summed E-state index contributed by atoms with van der Waals surface area (Å²) in [5.74, 6) is 0. The number of aryl methyl sites for hydroxylation is 2. The van der Waals surface area contributed by atoms with Crippen molar-refractivity contribution >= 4 is 16.5 Å². The Hall–Kier alpha value is -0.610. The fourth-order valence-corrected chi connectivity index (χ4v) is 3.36. The summed E-state index contributed by atoms with van der Waals surface area (Å²) in [5.41, 5.74) is 1.16. The van der Waals surface area contributed by atoms with E-state index in [0.717, 1.165) is 23.4 Å². The fraction of sp³-hybridized carbons (Fsp3) is 0.786. The molecule has 1 N–H and O–H groups in total. The SMILES string of the molecule is Cc1nc(NCCCN2CCCCC2C)sc1C. The summed E-state index contributed by atoms with van der Waals surface area (Å²) in [6, 6.07) is 0.781. The third-order valence-electron chi connectivity index (χ3n) is 3.87. The van der Waals surface area contributed by atoms with Gasteiger partial charge in [0.05, 0.1) is 5.69 Å². The Balaban J connectivity index is 1.66. The highest BCUT2D eigenvalue weighted by Gasteiger charge is 2.17. The number of hydrogen-bond acceptors (Lipinski definition) is 4. The summed E-state index contributed by atoms with van der Waals surface area (Å²) in [7, 11) is 0. The van der Waals surface area contributed by atoms with E-state index in [1.54, 1.807) is 11.3 Å². The van der Waals surface area contributed by atoms with Crippen LogP contribution in [0.1, 0.15) is 43.2 Å². The molecule has 1 fully saturated rings. The Morgan fingerprint density at radius 2 is 2.22 bits per heavy atom. The maximum Gasteiger partial charge on any atom is 0.183 e. The summed E-state index contributed by atoms with van der Waals surface area (Å²) < 4.78 is 0. The Bertz CT molecular complexity index is 356. The lowest BCUT2D eigenvalue weighted by Gasteiger charge is -2.33. The molecule has 18 heavy (non-hydrogen) atoms. The highest BCUT2D eigenvalue weighted by molar-refractivity contribution is 7.15. The smallest absolute Gasteiger partial charge is 0.183 e. The van der Waals surface area contributed by atoms with Crippen molar-refractivity contribution in [2.24, 2.45) is 0 Å². The van der Waals surface area contributed by atoms with Crippen LogP contribution in [0.3, 0.4) is 0 Å². The van der Waals surface area contributed by atoms with Gasteiger partial charge < -0.3 is 10.2 Å². The molecule has 0 radical (unpaired) electrons. The first kappa shape index (κ1) is 13.8. The van der Waals surface area contributed by atoms with Gasteiger partial charge in [-0.2, -0.15) is 0 Å². The Morgan fingerprint density at radius 1 is 1.39 bits per heavy atom. The third kappa shape index (κ3) is 3.69. The van der Waals surface area contributed by atoms with Gasteiger partial charge in [-0.05, 0) is 46.6 Å². The van der Waals surface area contributed by atoms with Crippen molar-refractivity contribution in [2.45, 2.75) is 52.5 Å². The van der Waals surface area contributed by atoms with E-state index in [0.29, 0.717) is 0 Å². The highest BCUT2D eigenvalue weighted by Crippen LogP contribution is 2.21. The molecule has 0 saturated carbocycles. The average molecular weight is 267 g/mol. The number of aromatic nitrogens is 1. The van der Waals surface area contributed by atoms with Crippen molar-refractivity contribution in [2.75, 3.05) is 25.0 Å². The van der Waals surface area contributed by atoms with Crippen molar-refractivity contribution < 1.29 is 0 Å². The lowest BCUT2D eigenvalue weighted by Crippen LogP contribution is -2.38. The molecule has 2 rings (SSSR count). The minimum Gasteiger partial charge on any atom is -0.361 e. The van der Waals surface area contributed by atoms with Crippen LogP contribution in [0, 0.1) is 13.8 Å². The molecule has 0 amide bonds. The summed E-state index contributed by atoms with van der Waals surface area (Å²) in [6.45, 7) is 10.1. The standard InChI is InChI=1S/C14H25N3S/c1-11-7-4-5-9-17(11)10-6-8-15-14-16-12(2)13(3)18-14/h11H,4-10H2,1-3H3,(H,15,16). The second-order valence-electron chi connectivity index (χ2n) is 5.32. The lowest BCUT2D eigenvalue weighted by molar-refractivity contribution is 0.160. The summed E-state index contributed by atoms with van der Waals surface area (Å²) >= 11 is 1.77. The molecule has 1 aliphatic heterocycles. The van der Waals surface area contributed by atoms with Crippen molar-refractivity contribution in [1.82, 2.24) is 9.88 Å². The predicted octanol–water partition coefficient (Wildman–Crippen LogP) is 3.44. The number of hydrogen-bond donors (Lipinski definition) is 1. The summed E-state index contributed by atoms with van der Waals surface area (Å²) in [6.07, 6.45) is 5.37. The van der Waals surface area contributed by atoms with Gasteiger partial charge in [-0.25, -0.2) is 4.98 Å². The van der Waals surface area contributed by atoms with Crippen LogP contribution in [-0.2, 0) is 0 Å². The van der Waals surface area contributed by atoms with Gasteiger partial charge in [-0.3, -0.25) is 0 Å². The molecule has 0 aliphatic carbocycles. The number of nitrogens with one attached hydrogen (secondary N) is 1. The molecule has 1 aliphatic rings. The van der Waals surface area contributed by atoms with Crippen LogP contribution in [-0.4, -0.2) is 35.6 Å². The van der Waals surface area contributed by atoms with Gasteiger partial charge in [-0.15, -0.1) is 11.3 Å². The van der Waals surface area contributed by atoms with Crippen LogP contribution in [0.25, 0.3) is 0 Å². The number of thiazole rings is 1. The van der Waals surface area contributed by atoms with E-state index in [1.165, 1.54) is 43.6 Å². The van der Waals surface area contributed by atoms with Crippen molar-refractivity contribution in [3.05, 3.63) is 10.6 Å². The molecule has 1 unspecified atom stereocenters. The van der Waals surface area contributed by atoms with Crippen LogP contribution in [0.5, 0.6) is 0 Å². The zero-order valence-corrected chi connectivity index (χ0v) is 12.6. The van der Waals surface area contributed by atoms with E-state index in [9.17, 15) is 0 Å². The summed E-state index contributed by atoms with van der Waals surface area (Å²) in [4.78, 5) is 8.45. The molecule has 1 saturated heterocycles. The maximum absolute atomic E-state index is 4.50. The minimum absolute atomic E-state index is 0.781. The first-order valence-electron chi connectivity index (χ1n) is 7.09. The zero-order valence-electron chi connectivity index (χ0n) is 11.8. The largest absolute Gasteiger partial charge is 0.361 e. The minimum atomic E-state index is 0.781. The monoisotopic (exact) mass is 267 g/mol. The third-order valence-corrected chi connectivity index (χ3v) is 4.90. The second kappa shape index (κ2) is 6.53. The highest BCUT2D eigenvalue weighted by atomic mass is 32.1. The molecular weight excluding hydrogens is 242 g/mol. The summed E-state index contributed by atoms with van der Waals surface area (Å²) in [5, 5.41) is 4.52. The fourth-order valence-electron chi connectivity index (χ4n) is 2.52. The molecule has 0 bridgehead atoms. The first-order valence-corrected chi connectivity index (χ1v) is 7.90. The van der Waals surface area contributed by atoms with Crippen LogP contribution < -0.4 is 5.32 Å². The maximum atomic E-state index is 4.50. The molecule has 0 spiro atoms. The van der Waals surface area contributed by atoms with Crippen LogP contribution >= 0.6 is 11.3 Å². The number of nitrogens with zero attached hydrogens (tertiary/aromatic N) is 2. The van der Waals surface area contributed by atoms with Gasteiger partial charge >= 0.3 is 0 Å². The Kier molecular flexibility index (Phi) is 5.01. The molecule has 4 heteroatoms. The van der Waals surface area contributed by atoms with Crippen molar-refractivity contribution in [3.63, 3.8) is 0 Å². The Labute approximate surface area is 115 Å². The number of rotatable bonds is 5. The topological polar surface area (TPSA) is 28.2 Å². The number of anilines is 1. The number of likely N-dealkylation sites (tertiary alicyclic amines) is 1. The van der Waals surface area contributed by atoms with E-state index < -0.39 is 0 Å². The molecule has 1 aromatic rings. The van der Waals surface area contributed by atoms with E-state index in [-0.39, 0.29) is 0 Å². The van der Waals surface area contributed by atoms with Gasteiger partial charge in [0.25, 0.3) is 0 Å². The van der Waals surface area contributed by atoms with Crippen LogP contribution in [0.15, 0.2) is 0 Å². The van der Waals surface area contributed by atoms with Gasteiger partial charge in [0.2, 0.25) is 0 Å². The predicted molar refractivity (Wildman–Crippen MR) is 79.6 cm³/mol. The molecule has 1 atom stereocenters. The van der Waals surface area contributed by atoms with Crippen LogP contribution in [0.4, 0.5) is 5.13 Å². The van der Waals surface area contributed by atoms with Crippen molar-refractivity contribution in [3.8, 4) is 0 Å². The van der Waals surface area contributed by atoms with E-state index in [4.69, 9.17) is 0 Å². The molecule has 1 aromatic heterocycles. The van der Waals surface area contributed by atoms with Gasteiger partial charge in [0.15, 0.2) is 5.13 Å². The van der Waals surface area contributed by atoms with Crippen molar-refractivity contribution in [1.29, 1.82) is 0 Å². The van der Waals surface area contributed by atoms with E-state index >= 15 is 0 Å². The van der Waals surface area contributed by atoms with Crippen LogP contribution in [0.2, 0.25) is 0 Å². The quantitative estimate of drug-likeness (QED) is 0.828. The lowest BCUT2D eigenvalue weighted by atomic mass is 10.0. The van der Waals surface area contributed by atoms with E-state index in [1.807, 2.05) is 0 Å². The molecule has 0 aromatic carbocycles. The van der Waals surface area contributed by atoms with E-state index in [2.05, 4.69) is 36.0 Å². The Morgan fingerprint density at radius 3 is 2.89 bits per heavy atom. The first-order chi connectivity index (χ1) is 8.66. The second-order valence-corrected chi connectivity index (χ2v) is 6.52. The molecular formula is C14H25N3S. The number of piperidine rings is 1. The van der Waals surface area contributed by atoms with Gasteiger partial charge in [0, 0.05) is 24.0 Å². The average Bonchev–Trinajstić information content (AvgIpc) is 2.66. The van der Waals surface area contributed by atoms with Gasteiger partial charge in [0.1, 0.15) is 0 Å². The molecule has 102 valence electrons. The molecule has 3 nitrogen and oxygen atoms in total. The zero-order chi connectivity index (χ0) is 13.0. The van der Waals surface area contributed by atoms with Gasteiger partial charge in [-0.1, -0.05) is 6.42 Å². The molecule has 2 heterocycles.